The third-order valence-corrected chi connectivity index (χ3v) is 6.14. The Hall–Kier alpha value is -2.44. The van der Waals surface area contributed by atoms with Crippen LogP contribution in [0.15, 0.2) is 52.4 Å². The average molecular weight is 398 g/mol. The molecule has 0 spiro atoms. The van der Waals surface area contributed by atoms with Gasteiger partial charge in [0.05, 0.1) is 12.6 Å². The molecule has 0 fully saturated rings. The Morgan fingerprint density at radius 1 is 1.22 bits per heavy atom. The Kier molecular flexibility index (Phi) is 3.91. The number of rotatable bonds is 3. The highest BCUT2D eigenvalue weighted by molar-refractivity contribution is 7.99. The van der Waals surface area contributed by atoms with Gasteiger partial charge >= 0.3 is 0 Å². The number of aromatic nitrogens is 3. The molecular formula is C20H16ClN3O2S. The van der Waals surface area contributed by atoms with Gasteiger partial charge in [0, 0.05) is 29.3 Å². The molecule has 5 rings (SSSR count). The van der Waals surface area contributed by atoms with Crippen LogP contribution in [0.4, 0.5) is 0 Å². The molecular weight excluding hydrogens is 382 g/mol. The van der Waals surface area contributed by atoms with Crippen LogP contribution in [-0.2, 0) is 13.1 Å². The Morgan fingerprint density at radius 3 is 2.81 bits per heavy atom. The minimum atomic E-state index is 0.0177. The van der Waals surface area contributed by atoms with Crippen LogP contribution < -0.4 is 10.3 Å². The van der Waals surface area contributed by atoms with Gasteiger partial charge in [-0.25, -0.2) is 4.98 Å². The van der Waals surface area contributed by atoms with E-state index in [4.69, 9.17) is 21.3 Å². The van der Waals surface area contributed by atoms with Crippen molar-refractivity contribution in [3.63, 3.8) is 0 Å². The third kappa shape index (κ3) is 2.63. The molecule has 1 aliphatic heterocycles. The Morgan fingerprint density at radius 2 is 2.04 bits per heavy atom. The molecule has 0 amide bonds. The molecule has 5 nitrogen and oxygen atoms in total. The van der Waals surface area contributed by atoms with E-state index in [0.29, 0.717) is 23.6 Å². The predicted molar refractivity (Wildman–Crippen MR) is 109 cm³/mol. The number of methoxy groups -OCH3 is 1. The number of halogens is 1. The van der Waals surface area contributed by atoms with E-state index < -0.39 is 0 Å². The molecule has 0 atom stereocenters. The minimum Gasteiger partial charge on any atom is -0.497 e. The van der Waals surface area contributed by atoms with Gasteiger partial charge in [0.25, 0.3) is 5.56 Å². The highest BCUT2D eigenvalue weighted by atomic mass is 35.5. The maximum atomic E-state index is 13.2. The molecule has 0 N–H and O–H groups in total. The van der Waals surface area contributed by atoms with E-state index in [1.807, 2.05) is 42.5 Å². The molecule has 0 bridgehead atoms. The Balaban J connectivity index is 1.83. The van der Waals surface area contributed by atoms with Crippen molar-refractivity contribution in [3.05, 3.63) is 63.4 Å². The Labute approximate surface area is 164 Å². The quantitative estimate of drug-likeness (QED) is 0.487. The molecule has 2 aromatic carbocycles. The second-order valence-electron chi connectivity index (χ2n) is 6.49. The van der Waals surface area contributed by atoms with Crippen molar-refractivity contribution in [2.45, 2.75) is 18.2 Å². The number of nitrogens with zero attached hydrogens (tertiary/aromatic N) is 3. The first-order valence-corrected chi connectivity index (χ1v) is 10.00. The van der Waals surface area contributed by atoms with Crippen LogP contribution in [0, 0.1) is 0 Å². The van der Waals surface area contributed by atoms with Gasteiger partial charge in [-0.1, -0.05) is 35.5 Å². The second-order valence-corrected chi connectivity index (χ2v) is 7.99. The van der Waals surface area contributed by atoms with Gasteiger partial charge in [-0.05, 0) is 35.9 Å². The molecule has 0 saturated carbocycles. The highest BCUT2D eigenvalue weighted by Crippen LogP contribution is 2.32. The van der Waals surface area contributed by atoms with Crippen LogP contribution in [-0.4, -0.2) is 27.0 Å². The summed E-state index contributed by atoms with van der Waals surface area (Å²) in [5.74, 6) is 1.64. The normalized spacial score (nSPS) is 13.4. The zero-order chi connectivity index (χ0) is 18.5. The standard InChI is InChI=1S/C20H16ClN3O2S/c1-26-14-6-7-16-15(10-14)17-18(19(25)23-8-9-27-20(23)22-17)24(16)11-12-2-4-13(21)5-3-12/h2-7,10H,8-9,11H2,1H3. The van der Waals surface area contributed by atoms with Crippen LogP contribution in [0.3, 0.4) is 0 Å². The fraction of sp³-hybridized carbons (Fsp3) is 0.200. The van der Waals surface area contributed by atoms with E-state index in [1.54, 1.807) is 23.4 Å². The van der Waals surface area contributed by atoms with Crippen molar-refractivity contribution >= 4 is 45.3 Å². The molecule has 0 saturated heterocycles. The summed E-state index contributed by atoms with van der Waals surface area (Å²) in [5.41, 5.74) is 3.44. The SMILES string of the molecule is COc1ccc2c(c1)c1nc3n(c(=O)c1n2Cc1ccc(Cl)cc1)CCS3. The average Bonchev–Trinajstić information content (AvgIpc) is 3.27. The lowest BCUT2D eigenvalue weighted by Gasteiger charge is -2.09. The first-order chi connectivity index (χ1) is 13.2. The lowest BCUT2D eigenvalue weighted by Crippen LogP contribution is -2.22. The largest absolute Gasteiger partial charge is 0.497 e. The van der Waals surface area contributed by atoms with Gasteiger partial charge in [-0.3, -0.25) is 9.36 Å². The topological polar surface area (TPSA) is 49.1 Å². The molecule has 1 aliphatic rings. The van der Waals surface area contributed by atoms with E-state index >= 15 is 0 Å². The lowest BCUT2D eigenvalue weighted by molar-refractivity contribution is 0.415. The number of ether oxygens (including phenoxy) is 1. The number of hydrogen-bond donors (Lipinski definition) is 0. The minimum absolute atomic E-state index is 0.0177. The van der Waals surface area contributed by atoms with E-state index in [-0.39, 0.29) is 5.56 Å². The van der Waals surface area contributed by atoms with Gasteiger partial charge in [0.2, 0.25) is 0 Å². The van der Waals surface area contributed by atoms with Crippen LogP contribution in [0.2, 0.25) is 5.02 Å². The van der Waals surface area contributed by atoms with Crippen molar-refractivity contribution in [2.75, 3.05) is 12.9 Å². The van der Waals surface area contributed by atoms with E-state index in [0.717, 1.165) is 38.6 Å². The molecule has 27 heavy (non-hydrogen) atoms. The zero-order valence-electron chi connectivity index (χ0n) is 14.6. The number of hydrogen-bond acceptors (Lipinski definition) is 4. The van der Waals surface area contributed by atoms with Crippen LogP contribution >= 0.6 is 23.4 Å². The summed E-state index contributed by atoms with van der Waals surface area (Å²) in [6.07, 6.45) is 0. The van der Waals surface area contributed by atoms with Crippen molar-refractivity contribution in [1.82, 2.24) is 14.1 Å². The van der Waals surface area contributed by atoms with Crippen LogP contribution in [0.25, 0.3) is 21.9 Å². The zero-order valence-corrected chi connectivity index (χ0v) is 16.2. The van der Waals surface area contributed by atoms with Gasteiger partial charge in [0.1, 0.15) is 16.8 Å². The number of fused-ring (bicyclic) bond motifs is 4. The van der Waals surface area contributed by atoms with Gasteiger partial charge in [-0.2, -0.15) is 0 Å². The molecule has 2 aromatic heterocycles. The summed E-state index contributed by atoms with van der Waals surface area (Å²) in [6.45, 7) is 1.28. The fourth-order valence-corrected chi connectivity index (χ4v) is 4.68. The number of thioether (sulfide) groups is 1. The molecule has 0 unspecified atom stereocenters. The van der Waals surface area contributed by atoms with E-state index in [9.17, 15) is 4.79 Å². The summed E-state index contributed by atoms with van der Waals surface area (Å²) in [4.78, 5) is 18.1. The summed E-state index contributed by atoms with van der Waals surface area (Å²) in [6, 6.07) is 13.6. The molecule has 4 aromatic rings. The van der Waals surface area contributed by atoms with Crippen molar-refractivity contribution in [1.29, 1.82) is 0 Å². The fourth-order valence-electron chi connectivity index (χ4n) is 3.62. The summed E-state index contributed by atoms with van der Waals surface area (Å²) in [5, 5.41) is 2.43. The molecule has 3 heterocycles. The smallest absolute Gasteiger partial charge is 0.278 e. The van der Waals surface area contributed by atoms with Gasteiger partial charge in [0.15, 0.2) is 5.16 Å². The van der Waals surface area contributed by atoms with Crippen molar-refractivity contribution < 1.29 is 4.74 Å². The Bertz CT molecular complexity index is 1240. The first kappa shape index (κ1) is 16.7. The maximum Gasteiger partial charge on any atom is 0.278 e. The van der Waals surface area contributed by atoms with E-state index in [1.165, 1.54) is 0 Å². The molecule has 0 aliphatic carbocycles. The van der Waals surface area contributed by atoms with Crippen molar-refractivity contribution in [3.8, 4) is 5.75 Å². The van der Waals surface area contributed by atoms with Gasteiger partial charge in [-0.15, -0.1) is 0 Å². The molecule has 0 radical (unpaired) electrons. The first-order valence-electron chi connectivity index (χ1n) is 8.64. The molecule has 7 heteroatoms. The highest BCUT2D eigenvalue weighted by Gasteiger charge is 2.22. The van der Waals surface area contributed by atoms with Gasteiger partial charge < -0.3 is 9.30 Å². The second kappa shape index (κ2) is 6.32. The summed E-state index contributed by atoms with van der Waals surface area (Å²) >= 11 is 7.65. The monoisotopic (exact) mass is 397 g/mol. The molecule has 136 valence electrons. The van der Waals surface area contributed by atoms with E-state index in [2.05, 4.69) is 4.57 Å². The van der Waals surface area contributed by atoms with Crippen molar-refractivity contribution in [2.24, 2.45) is 0 Å². The number of benzene rings is 2. The van der Waals surface area contributed by atoms with Crippen LogP contribution in [0.1, 0.15) is 5.56 Å². The lowest BCUT2D eigenvalue weighted by atomic mass is 10.2. The third-order valence-electron chi connectivity index (χ3n) is 4.93. The maximum absolute atomic E-state index is 13.2. The van der Waals surface area contributed by atoms with Crippen LogP contribution in [0.5, 0.6) is 5.75 Å². The summed E-state index contributed by atoms with van der Waals surface area (Å²) < 4.78 is 9.23. The predicted octanol–water partition coefficient (Wildman–Crippen LogP) is 4.17. The summed E-state index contributed by atoms with van der Waals surface area (Å²) in [7, 11) is 1.64.